The number of nitrogens with one attached hydrogen (secondary N) is 2. The molecule has 1 saturated carbocycles. The van der Waals surface area contributed by atoms with E-state index in [0.717, 1.165) is 38.9 Å². The van der Waals surface area contributed by atoms with E-state index in [0.29, 0.717) is 18.9 Å². The third-order valence-corrected chi connectivity index (χ3v) is 5.39. The van der Waals surface area contributed by atoms with Crippen LogP contribution in [-0.4, -0.2) is 49.4 Å². The lowest BCUT2D eigenvalue weighted by atomic mass is 9.95. The lowest BCUT2D eigenvalue weighted by molar-refractivity contribution is -0.122. The van der Waals surface area contributed by atoms with E-state index >= 15 is 0 Å². The molecule has 26 heavy (non-hydrogen) atoms. The Labute approximate surface area is 160 Å². The fourth-order valence-electron chi connectivity index (χ4n) is 3.64. The zero-order chi connectivity index (χ0) is 19.0. The maximum Gasteiger partial charge on any atom is 0.221 e. The van der Waals surface area contributed by atoms with Crippen molar-refractivity contribution in [2.24, 2.45) is 0 Å². The first-order chi connectivity index (χ1) is 12.7. The van der Waals surface area contributed by atoms with Gasteiger partial charge in [-0.25, -0.2) is 0 Å². The lowest BCUT2D eigenvalue weighted by Gasteiger charge is -2.25. The Hall–Kier alpha value is -1.10. The fourth-order valence-corrected chi connectivity index (χ4v) is 3.64. The van der Waals surface area contributed by atoms with Crippen LogP contribution in [0.4, 0.5) is 0 Å². The summed E-state index contributed by atoms with van der Waals surface area (Å²) in [5, 5.41) is 5.88. The second-order valence-electron chi connectivity index (χ2n) is 7.69. The molecule has 0 aromatic heterocycles. The standard InChI is InChI=1S/C21H41N3O2/c1-3-4-5-6-7-11-16-24(17-14-20(25)22-2)18-15-21(26)23-19-12-9-8-10-13-19/h19H,3-18H2,1-2H3,(H,22,25)(H,23,26). The average molecular weight is 368 g/mol. The summed E-state index contributed by atoms with van der Waals surface area (Å²) < 4.78 is 0. The van der Waals surface area contributed by atoms with Crippen molar-refractivity contribution in [2.75, 3.05) is 26.7 Å². The van der Waals surface area contributed by atoms with Crippen molar-refractivity contribution in [3.05, 3.63) is 0 Å². The van der Waals surface area contributed by atoms with Gasteiger partial charge in [-0.05, 0) is 25.8 Å². The fraction of sp³-hybridized carbons (Fsp3) is 0.905. The van der Waals surface area contributed by atoms with Crippen LogP contribution >= 0.6 is 0 Å². The highest BCUT2D eigenvalue weighted by molar-refractivity contribution is 5.76. The average Bonchev–Trinajstić information content (AvgIpc) is 2.66. The van der Waals surface area contributed by atoms with E-state index in [1.54, 1.807) is 7.05 Å². The Morgan fingerprint density at radius 1 is 0.846 bits per heavy atom. The van der Waals surface area contributed by atoms with Crippen LogP contribution < -0.4 is 10.6 Å². The van der Waals surface area contributed by atoms with Crippen LogP contribution in [0.1, 0.15) is 90.4 Å². The summed E-state index contributed by atoms with van der Waals surface area (Å²) in [5.74, 6) is 0.245. The van der Waals surface area contributed by atoms with Crippen LogP contribution in [0.15, 0.2) is 0 Å². The maximum absolute atomic E-state index is 12.2. The van der Waals surface area contributed by atoms with Gasteiger partial charge in [-0.3, -0.25) is 9.59 Å². The van der Waals surface area contributed by atoms with Crippen molar-refractivity contribution in [2.45, 2.75) is 96.4 Å². The highest BCUT2D eigenvalue weighted by atomic mass is 16.2. The van der Waals surface area contributed by atoms with Gasteiger partial charge in [0.05, 0.1) is 0 Å². The Kier molecular flexibility index (Phi) is 13.2. The number of hydrogen-bond acceptors (Lipinski definition) is 3. The summed E-state index contributed by atoms with van der Waals surface area (Å²) in [6.45, 7) is 4.72. The molecule has 0 aliphatic heterocycles. The Bertz CT molecular complexity index is 381. The molecule has 0 bridgehead atoms. The van der Waals surface area contributed by atoms with E-state index in [-0.39, 0.29) is 11.8 Å². The number of carbonyl (C=O) groups excluding carboxylic acids is 2. The van der Waals surface area contributed by atoms with Gasteiger partial charge in [-0.2, -0.15) is 0 Å². The van der Waals surface area contributed by atoms with E-state index in [1.165, 1.54) is 51.4 Å². The van der Waals surface area contributed by atoms with Gasteiger partial charge in [0.2, 0.25) is 11.8 Å². The van der Waals surface area contributed by atoms with Crippen LogP contribution in [0.3, 0.4) is 0 Å². The number of rotatable bonds is 14. The molecule has 0 aromatic carbocycles. The molecule has 5 nitrogen and oxygen atoms in total. The molecule has 0 atom stereocenters. The van der Waals surface area contributed by atoms with Crippen LogP contribution in [0.25, 0.3) is 0 Å². The molecule has 0 aromatic rings. The topological polar surface area (TPSA) is 61.4 Å². The summed E-state index contributed by atoms with van der Waals surface area (Å²) in [7, 11) is 1.68. The molecule has 0 heterocycles. The second-order valence-corrected chi connectivity index (χ2v) is 7.69. The number of hydrogen-bond donors (Lipinski definition) is 2. The molecule has 2 N–H and O–H groups in total. The maximum atomic E-state index is 12.2. The minimum atomic E-state index is 0.0737. The monoisotopic (exact) mass is 367 g/mol. The Morgan fingerprint density at radius 2 is 1.46 bits per heavy atom. The second kappa shape index (κ2) is 15.0. The van der Waals surface area contributed by atoms with Crippen LogP contribution in [-0.2, 0) is 9.59 Å². The molecular formula is C21H41N3O2. The van der Waals surface area contributed by atoms with Gasteiger partial charge in [-0.15, -0.1) is 0 Å². The van der Waals surface area contributed by atoms with Crippen LogP contribution in [0, 0.1) is 0 Å². The van der Waals surface area contributed by atoms with Gasteiger partial charge in [0.15, 0.2) is 0 Å². The van der Waals surface area contributed by atoms with Gasteiger partial charge >= 0.3 is 0 Å². The van der Waals surface area contributed by atoms with E-state index in [2.05, 4.69) is 22.5 Å². The summed E-state index contributed by atoms with van der Waals surface area (Å²) in [6.07, 6.45) is 14.7. The van der Waals surface area contributed by atoms with Crippen molar-refractivity contribution in [1.29, 1.82) is 0 Å². The van der Waals surface area contributed by atoms with Crippen molar-refractivity contribution in [3.8, 4) is 0 Å². The smallest absolute Gasteiger partial charge is 0.221 e. The highest BCUT2D eigenvalue weighted by Crippen LogP contribution is 2.17. The van der Waals surface area contributed by atoms with Gasteiger partial charge in [0, 0.05) is 39.0 Å². The number of unbranched alkanes of at least 4 members (excludes halogenated alkanes) is 5. The minimum absolute atomic E-state index is 0.0737. The van der Waals surface area contributed by atoms with Crippen LogP contribution in [0.2, 0.25) is 0 Å². The molecule has 1 fully saturated rings. The molecule has 2 amide bonds. The van der Waals surface area contributed by atoms with Crippen molar-refractivity contribution < 1.29 is 9.59 Å². The molecule has 1 aliphatic carbocycles. The molecule has 5 heteroatoms. The SMILES string of the molecule is CCCCCCCCN(CCC(=O)NC)CCC(=O)NC1CCCCC1. The largest absolute Gasteiger partial charge is 0.359 e. The summed E-state index contributed by atoms with van der Waals surface area (Å²) in [6, 6.07) is 0.383. The molecule has 0 saturated heterocycles. The van der Waals surface area contributed by atoms with Crippen molar-refractivity contribution in [3.63, 3.8) is 0 Å². The minimum Gasteiger partial charge on any atom is -0.359 e. The summed E-state index contributed by atoms with van der Waals surface area (Å²) in [5.41, 5.74) is 0. The highest BCUT2D eigenvalue weighted by Gasteiger charge is 2.16. The number of nitrogens with zero attached hydrogens (tertiary/aromatic N) is 1. The van der Waals surface area contributed by atoms with Crippen molar-refractivity contribution in [1.82, 2.24) is 15.5 Å². The third kappa shape index (κ3) is 11.5. The Balaban J connectivity index is 2.27. The summed E-state index contributed by atoms with van der Waals surface area (Å²) >= 11 is 0. The number of carbonyl (C=O) groups is 2. The van der Waals surface area contributed by atoms with Gasteiger partial charge in [0.25, 0.3) is 0 Å². The normalized spacial score (nSPS) is 15.2. The predicted molar refractivity (Wildman–Crippen MR) is 108 cm³/mol. The van der Waals surface area contributed by atoms with E-state index < -0.39 is 0 Å². The van der Waals surface area contributed by atoms with Gasteiger partial charge in [0.1, 0.15) is 0 Å². The Morgan fingerprint density at radius 3 is 2.12 bits per heavy atom. The molecule has 152 valence electrons. The first kappa shape index (κ1) is 22.9. The van der Waals surface area contributed by atoms with E-state index in [1.807, 2.05) is 0 Å². The quantitative estimate of drug-likeness (QED) is 0.461. The van der Waals surface area contributed by atoms with Crippen molar-refractivity contribution >= 4 is 11.8 Å². The zero-order valence-corrected chi connectivity index (χ0v) is 17.2. The first-order valence-corrected chi connectivity index (χ1v) is 10.9. The zero-order valence-electron chi connectivity index (χ0n) is 17.2. The molecule has 0 spiro atoms. The molecular weight excluding hydrogens is 326 g/mol. The van der Waals surface area contributed by atoms with Gasteiger partial charge in [-0.1, -0.05) is 58.3 Å². The lowest BCUT2D eigenvalue weighted by Crippen LogP contribution is -2.39. The van der Waals surface area contributed by atoms with E-state index in [4.69, 9.17) is 0 Å². The molecule has 1 rings (SSSR count). The summed E-state index contributed by atoms with van der Waals surface area (Å²) in [4.78, 5) is 26.1. The van der Waals surface area contributed by atoms with Gasteiger partial charge < -0.3 is 15.5 Å². The molecule has 0 unspecified atom stereocenters. The predicted octanol–water partition coefficient (Wildman–Crippen LogP) is 3.62. The third-order valence-electron chi connectivity index (χ3n) is 5.39. The van der Waals surface area contributed by atoms with E-state index in [9.17, 15) is 9.59 Å². The molecule has 0 radical (unpaired) electrons. The number of amides is 2. The molecule has 1 aliphatic rings. The van der Waals surface area contributed by atoms with Crippen LogP contribution in [0.5, 0.6) is 0 Å². The first-order valence-electron chi connectivity index (χ1n) is 10.9.